The van der Waals surface area contributed by atoms with Gasteiger partial charge in [0, 0.05) is 31.6 Å². The topological polar surface area (TPSA) is 69.8 Å². The quantitative estimate of drug-likeness (QED) is 0.630. The normalized spacial score (nSPS) is 15.9. The number of rotatable bonds is 1. The Balaban J connectivity index is 0.000000202. The zero-order valence-corrected chi connectivity index (χ0v) is 10.8. The number of hydrogen-bond acceptors (Lipinski definition) is 4. The van der Waals surface area contributed by atoms with Crippen molar-refractivity contribution >= 4 is 6.29 Å². The lowest BCUT2D eigenvalue weighted by Crippen LogP contribution is -2.39. The van der Waals surface area contributed by atoms with Gasteiger partial charge in [0.05, 0.1) is 12.0 Å². The molecule has 0 aromatic carbocycles. The van der Waals surface area contributed by atoms with E-state index in [2.05, 4.69) is 20.6 Å². The number of aromatic amines is 1. The maximum Gasteiger partial charge on any atom is 0.170 e. The predicted molar refractivity (Wildman–Crippen MR) is 68.4 cm³/mol. The Bertz CT molecular complexity index is 325. The molecule has 3 N–H and O–H groups in total. The summed E-state index contributed by atoms with van der Waals surface area (Å²) in [5.74, 6) is 0. The van der Waals surface area contributed by atoms with Crippen LogP contribution in [0.2, 0.25) is 0 Å². The maximum absolute atomic E-state index is 10.5. The molecule has 2 rings (SSSR count). The molecule has 1 fully saturated rings. The van der Waals surface area contributed by atoms with Gasteiger partial charge in [0.2, 0.25) is 0 Å². The molecule has 1 saturated heterocycles. The number of hydrogen-bond donors (Lipinski definition) is 3. The van der Waals surface area contributed by atoms with E-state index in [0.717, 1.165) is 38.2 Å². The van der Waals surface area contributed by atoms with E-state index in [1.165, 1.54) is 0 Å². The number of H-pyrrole nitrogens is 1. The van der Waals surface area contributed by atoms with E-state index in [0.29, 0.717) is 5.69 Å². The summed E-state index contributed by atoms with van der Waals surface area (Å²) in [7, 11) is 0. The van der Waals surface area contributed by atoms with Crippen molar-refractivity contribution in [3.05, 3.63) is 17.7 Å². The molecule has 1 aromatic heterocycles. The predicted octanol–water partition coefficient (Wildman–Crippen LogP) is 0.699. The smallest absolute Gasteiger partial charge is 0.170 e. The van der Waals surface area contributed by atoms with Gasteiger partial charge in [0.15, 0.2) is 6.29 Å². The summed E-state index contributed by atoms with van der Waals surface area (Å²) in [5, 5.41) is 6.44. The molecule has 0 bridgehead atoms. The maximum atomic E-state index is 10.5. The Labute approximate surface area is 102 Å². The fourth-order valence-electron chi connectivity index (χ4n) is 1.60. The van der Waals surface area contributed by atoms with Crippen LogP contribution < -0.4 is 10.6 Å². The number of piperazine rings is 1. The van der Waals surface area contributed by atoms with Gasteiger partial charge in [-0.2, -0.15) is 0 Å². The Morgan fingerprint density at radius 1 is 1.18 bits per heavy atom. The molecular weight excluding hydrogens is 216 g/mol. The highest BCUT2D eigenvalue weighted by Crippen LogP contribution is 2.21. The third-order valence-electron chi connectivity index (χ3n) is 2.49. The van der Waals surface area contributed by atoms with Gasteiger partial charge in [-0.15, -0.1) is 0 Å². The van der Waals surface area contributed by atoms with E-state index in [-0.39, 0.29) is 5.41 Å². The van der Waals surface area contributed by atoms with Crippen molar-refractivity contribution in [2.24, 2.45) is 0 Å². The SMILES string of the molecule is C1CNCCN1.CC(C)(C)c1[nH]cnc1C=O. The Kier molecular flexibility index (Phi) is 5.31. The average Bonchev–Trinajstić information content (AvgIpc) is 2.80. The molecule has 1 aliphatic rings. The second-order valence-corrected chi connectivity index (χ2v) is 5.03. The highest BCUT2D eigenvalue weighted by Gasteiger charge is 2.19. The van der Waals surface area contributed by atoms with Crippen molar-refractivity contribution < 1.29 is 4.79 Å². The van der Waals surface area contributed by atoms with E-state index < -0.39 is 0 Å². The van der Waals surface area contributed by atoms with Crippen LogP contribution in [0.5, 0.6) is 0 Å². The number of aldehydes is 1. The first kappa shape index (κ1) is 13.9. The monoisotopic (exact) mass is 238 g/mol. The van der Waals surface area contributed by atoms with Gasteiger partial charge in [-0.1, -0.05) is 20.8 Å². The molecule has 0 atom stereocenters. The largest absolute Gasteiger partial charge is 0.347 e. The van der Waals surface area contributed by atoms with Crippen molar-refractivity contribution in [1.82, 2.24) is 20.6 Å². The summed E-state index contributed by atoms with van der Waals surface area (Å²) in [6, 6.07) is 0. The molecule has 5 heteroatoms. The van der Waals surface area contributed by atoms with Crippen LogP contribution in [0.1, 0.15) is 37.0 Å². The van der Waals surface area contributed by atoms with Crippen molar-refractivity contribution in [1.29, 1.82) is 0 Å². The minimum Gasteiger partial charge on any atom is -0.347 e. The van der Waals surface area contributed by atoms with Crippen molar-refractivity contribution in [3.63, 3.8) is 0 Å². The Morgan fingerprint density at radius 2 is 1.71 bits per heavy atom. The molecule has 1 aliphatic heterocycles. The van der Waals surface area contributed by atoms with Crippen molar-refractivity contribution in [3.8, 4) is 0 Å². The van der Waals surface area contributed by atoms with Crippen LogP contribution >= 0.6 is 0 Å². The van der Waals surface area contributed by atoms with Gasteiger partial charge in [0.25, 0.3) is 0 Å². The van der Waals surface area contributed by atoms with Gasteiger partial charge in [-0.3, -0.25) is 4.79 Å². The zero-order valence-electron chi connectivity index (χ0n) is 10.8. The van der Waals surface area contributed by atoms with Gasteiger partial charge in [-0.25, -0.2) is 4.98 Å². The summed E-state index contributed by atoms with van der Waals surface area (Å²) in [6.45, 7) is 10.7. The van der Waals surface area contributed by atoms with E-state index >= 15 is 0 Å². The first-order valence-electron chi connectivity index (χ1n) is 5.96. The number of nitrogens with one attached hydrogen (secondary N) is 3. The van der Waals surface area contributed by atoms with Crippen LogP contribution in [0.3, 0.4) is 0 Å². The fraction of sp³-hybridized carbons (Fsp3) is 0.667. The molecule has 0 spiro atoms. The number of carbonyl (C=O) groups excluding carboxylic acids is 1. The summed E-state index contributed by atoms with van der Waals surface area (Å²) in [6.07, 6.45) is 2.32. The third-order valence-corrected chi connectivity index (χ3v) is 2.49. The summed E-state index contributed by atoms with van der Waals surface area (Å²) >= 11 is 0. The molecule has 0 aliphatic carbocycles. The number of imidazole rings is 1. The van der Waals surface area contributed by atoms with Crippen LogP contribution in [0.4, 0.5) is 0 Å². The molecule has 0 unspecified atom stereocenters. The lowest BCUT2D eigenvalue weighted by Gasteiger charge is -2.16. The van der Waals surface area contributed by atoms with E-state index in [9.17, 15) is 4.79 Å². The minimum atomic E-state index is -0.0350. The molecule has 5 nitrogen and oxygen atoms in total. The second kappa shape index (κ2) is 6.51. The fourth-order valence-corrected chi connectivity index (χ4v) is 1.60. The number of carbonyl (C=O) groups is 1. The van der Waals surface area contributed by atoms with Crippen molar-refractivity contribution in [2.75, 3.05) is 26.2 Å². The lowest BCUT2D eigenvalue weighted by molar-refractivity contribution is 0.111. The van der Waals surface area contributed by atoms with Crippen LogP contribution in [-0.4, -0.2) is 42.4 Å². The zero-order chi connectivity index (χ0) is 12.7. The molecule has 2 heterocycles. The molecule has 0 radical (unpaired) electrons. The Morgan fingerprint density at radius 3 is 2.00 bits per heavy atom. The molecular formula is C12H22N4O. The molecule has 0 amide bonds. The van der Waals surface area contributed by atoms with Crippen molar-refractivity contribution in [2.45, 2.75) is 26.2 Å². The summed E-state index contributed by atoms with van der Waals surface area (Å²) in [4.78, 5) is 17.3. The van der Waals surface area contributed by atoms with Gasteiger partial charge in [-0.05, 0) is 0 Å². The van der Waals surface area contributed by atoms with Crippen LogP contribution in [-0.2, 0) is 5.41 Å². The van der Waals surface area contributed by atoms with E-state index in [1.807, 2.05) is 20.8 Å². The van der Waals surface area contributed by atoms with Gasteiger partial charge >= 0.3 is 0 Å². The van der Waals surface area contributed by atoms with Crippen LogP contribution in [0, 0.1) is 0 Å². The molecule has 96 valence electrons. The highest BCUT2D eigenvalue weighted by atomic mass is 16.1. The van der Waals surface area contributed by atoms with E-state index in [1.54, 1.807) is 6.33 Å². The molecule has 17 heavy (non-hydrogen) atoms. The third kappa shape index (κ3) is 4.66. The van der Waals surface area contributed by atoms with Gasteiger partial charge in [0.1, 0.15) is 5.69 Å². The Hall–Kier alpha value is -1.20. The molecule has 0 saturated carbocycles. The van der Waals surface area contributed by atoms with Crippen LogP contribution in [0.15, 0.2) is 6.33 Å². The van der Waals surface area contributed by atoms with Gasteiger partial charge < -0.3 is 15.6 Å². The van der Waals surface area contributed by atoms with E-state index in [4.69, 9.17) is 0 Å². The first-order chi connectivity index (χ1) is 8.05. The van der Waals surface area contributed by atoms with Crippen LogP contribution in [0.25, 0.3) is 0 Å². The summed E-state index contributed by atoms with van der Waals surface area (Å²) in [5.41, 5.74) is 1.37. The minimum absolute atomic E-state index is 0.0350. The number of nitrogens with zero attached hydrogens (tertiary/aromatic N) is 1. The molecule has 1 aromatic rings. The standard InChI is InChI=1S/C8H12N2O.C4H10N2/c1-8(2,3)7-6(4-11)9-5-10-7;1-2-6-4-3-5-1/h4-5H,1-3H3,(H,9,10);5-6H,1-4H2. The lowest BCUT2D eigenvalue weighted by atomic mass is 9.91. The average molecular weight is 238 g/mol. The first-order valence-corrected chi connectivity index (χ1v) is 5.96. The second-order valence-electron chi connectivity index (χ2n) is 5.03. The summed E-state index contributed by atoms with van der Waals surface area (Å²) < 4.78 is 0. The number of aromatic nitrogens is 2. The highest BCUT2D eigenvalue weighted by molar-refractivity contribution is 5.74.